The summed E-state index contributed by atoms with van der Waals surface area (Å²) in [6, 6.07) is 10.2. The SMILES string of the molecule is CC(C)Cc1cc(C(=O)N[C@H]2CCCc3c2[nH]c2ccccc32)n[nH]1. The number of carbonyl (C=O) groups excluding carboxylic acids is 1. The molecule has 1 aromatic carbocycles. The molecule has 0 aliphatic heterocycles. The monoisotopic (exact) mass is 336 g/mol. The van der Waals surface area contributed by atoms with Gasteiger partial charge in [0, 0.05) is 22.3 Å². The van der Waals surface area contributed by atoms with Crippen molar-refractivity contribution in [2.24, 2.45) is 5.92 Å². The first-order valence-corrected chi connectivity index (χ1v) is 9.06. The molecule has 5 heteroatoms. The van der Waals surface area contributed by atoms with Gasteiger partial charge < -0.3 is 10.3 Å². The first kappa shape index (κ1) is 15.9. The van der Waals surface area contributed by atoms with Crippen molar-refractivity contribution < 1.29 is 4.79 Å². The molecule has 2 heterocycles. The predicted octanol–water partition coefficient (Wildman–Crippen LogP) is 3.90. The van der Waals surface area contributed by atoms with Gasteiger partial charge in [0.25, 0.3) is 5.91 Å². The lowest BCUT2D eigenvalue weighted by atomic mass is 9.91. The second kappa shape index (κ2) is 6.39. The van der Waals surface area contributed by atoms with Crippen LogP contribution in [0.15, 0.2) is 30.3 Å². The fraction of sp³-hybridized carbons (Fsp3) is 0.400. The second-order valence-electron chi connectivity index (χ2n) is 7.36. The number of aryl methyl sites for hydroxylation is 1. The number of hydrogen-bond acceptors (Lipinski definition) is 2. The molecule has 130 valence electrons. The molecule has 1 aliphatic carbocycles. The standard InChI is InChI=1S/C20H24N4O/c1-12(2)10-13-11-18(24-23-13)20(25)22-17-9-5-7-15-14-6-3-4-8-16(14)21-19(15)17/h3-4,6,8,11-12,17,21H,5,7,9-10H2,1-2H3,(H,22,25)(H,23,24)/t17-/m0/s1. The summed E-state index contributed by atoms with van der Waals surface area (Å²) in [4.78, 5) is 16.1. The van der Waals surface area contributed by atoms with E-state index < -0.39 is 0 Å². The number of carbonyl (C=O) groups is 1. The summed E-state index contributed by atoms with van der Waals surface area (Å²) in [7, 11) is 0. The Labute approximate surface area is 147 Å². The second-order valence-corrected chi connectivity index (χ2v) is 7.36. The molecule has 25 heavy (non-hydrogen) atoms. The number of benzene rings is 1. The molecule has 1 amide bonds. The molecule has 3 aromatic rings. The quantitative estimate of drug-likeness (QED) is 0.676. The highest BCUT2D eigenvalue weighted by Gasteiger charge is 2.26. The van der Waals surface area contributed by atoms with Gasteiger partial charge in [-0.3, -0.25) is 9.89 Å². The first-order valence-electron chi connectivity index (χ1n) is 9.06. The van der Waals surface area contributed by atoms with Crippen LogP contribution < -0.4 is 5.32 Å². The van der Waals surface area contributed by atoms with Gasteiger partial charge in [-0.15, -0.1) is 0 Å². The number of rotatable bonds is 4. The number of hydrogen-bond donors (Lipinski definition) is 3. The molecule has 0 radical (unpaired) electrons. The molecule has 0 saturated carbocycles. The predicted molar refractivity (Wildman–Crippen MR) is 98.6 cm³/mol. The van der Waals surface area contributed by atoms with Gasteiger partial charge in [0.05, 0.1) is 6.04 Å². The molecule has 3 N–H and O–H groups in total. The molecule has 0 spiro atoms. The molecular weight excluding hydrogens is 312 g/mol. The van der Waals surface area contributed by atoms with Crippen molar-refractivity contribution in [3.8, 4) is 0 Å². The molecule has 0 saturated heterocycles. The number of nitrogens with one attached hydrogen (secondary N) is 3. The lowest BCUT2D eigenvalue weighted by molar-refractivity contribution is 0.0927. The van der Waals surface area contributed by atoms with Crippen LogP contribution in [0.2, 0.25) is 0 Å². The smallest absolute Gasteiger partial charge is 0.272 e. The van der Waals surface area contributed by atoms with E-state index in [2.05, 4.69) is 52.5 Å². The van der Waals surface area contributed by atoms with Gasteiger partial charge in [0.2, 0.25) is 0 Å². The summed E-state index contributed by atoms with van der Waals surface area (Å²) in [5.41, 5.74) is 5.12. The Morgan fingerprint density at radius 3 is 3.04 bits per heavy atom. The minimum Gasteiger partial charge on any atom is -0.356 e. The average molecular weight is 336 g/mol. The third-order valence-corrected chi connectivity index (χ3v) is 4.91. The summed E-state index contributed by atoms with van der Waals surface area (Å²) < 4.78 is 0. The summed E-state index contributed by atoms with van der Waals surface area (Å²) in [5, 5.41) is 11.6. The Morgan fingerprint density at radius 1 is 1.36 bits per heavy atom. The van der Waals surface area contributed by atoms with E-state index in [0.717, 1.165) is 42.6 Å². The summed E-state index contributed by atoms with van der Waals surface area (Å²) in [5.74, 6) is 0.423. The van der Waals surface area contributed by atoms with Crippen molar-refractivity contribution >= 4 is 16.8 Å². The topological polar surface area (TPSA) is 73.6 Å². The number of aromatic amines is 2. The molecule has 2 aromatic heterocycles. The lowest BCUT2D eigenvalue weighted by Gasteiger charge is -2.23. The van der Waals surface area contributed by atoms with Crippen LogP contribution in [0.25, 0.3) is 10.9 Å². The minimum absolute atomic E-state index is 0.0221. The highest BCUT2D eigenvalue weighted by atomic mass is 16.2. The van der Waals surface area contributed by atoms with Gasteiger partial charge in [0.1, 0.15) is 5.69 Å². The average Bonchev–Trinajstić information content (AvgIpc) is 3.19. The zero-order valence-electron chi connectivity index (χ0n) is 14.7. The van der Waals surface area contributed by atoms with Gasteiger partial charge in [-0.25, -0.2) is 0 Å². The van der Waals surface area contributed by atoms with E-state index in [-0.39, 0.29) is 11.9 Å². The molecule has 4 rings (SSSR count). The van der Waals surface area contributed by atoms with Crippen LogP contribution in [0.3, 0.4) is 0 Å². The van der Waals surface area contributed by atoms with Crippen LogP contribution in [0.4, 0.5) is 0 Å². The molecular formula is C20H24N4O. The lowest BCUT2D eigenvalue weighted by Crippen LogP contribution is -2.31. The maximum Gasteiger partial charge on any atom is 0.272 e. The molecule has 0 bridgehead atoms. The van der Waals surface area contributed by atoms with Crippen molar-refractivity contribution in [1.82, 2.24) is 20.5 Å². The Morgan fingerprint density at radius 2 is 2.20 bits per heavy atom. The largest absolute Gasteiger partial charge is 0.356 e. The van der Waals surface area contributed by atoms with Gasteiger partial charge in [-0.1, -0.05) is 32.0 Å². The maximum absolute atomic E-state index is 12.6. The number of aromatic nitrogens is 3. The molecule has 1 aliphatic rings. The molecule has 0 unspecified atom stereocenters. The number of H-pyrrole nitrogens is 2. The molecule has 5 nitrogen and oxygen atoms in total. The zero-order chi connectivity index (χ0) is 17.4. The van der Waals surface area contributed by atoms with E-state index in [1.54, 1.807) is 0 Å². The summed E-state index contributed by atoms with van der Waals surface area (Å²) >= 11 is 0. The van der Waals surface area contributed by atoms with E-state index >= 15 is 0 Å². The van der Waals surface area contributed by atoms with E-state index in [4.69, 9.17) is 0 Å². The summed E-state index contributed by atoms with van der Waals surface area (Å²) in [6.45, 7) is 4.31. The van der Waals surface area contributed by atoms with Crippen molar-refractivity contribution in [2.75, 3.05) is 0 Å². The Hall–Kier alpha value is -2.56. The van der Waals surface area contributed by atoms with Crippen molar-refractivity contribution in [1.29, 1.82) is 0 Å². The fourth-order valence-corrected chi connectivity index (χ4v) is 3.81. The van der Waals surface area contributed by atoms with Crippen LogP contribution >= 0.6 is 0 Å². The van der Waals surface area contributed by atoms with E-state index in [0.29, 0.717) is 11.6 Å². The van der Waals surface area contributed by atoms with Crippen LogP contribution in [-0.4, -0.2) is 21.1 Å². The van der Waals surface area contributed by atoms with E-state index in [1.807, 2.05) is 12.1 Å². The van der Waals surface area contributed by atoms with Crippen LogP contribution in [0, 0.1) is 5.92 Å². The minimum atomic E-state index is -0.109. The maximum atomic E-state index is 12.6. The van der Waals surface area contributed by atoms with Crippen LogP contribution in [0.1, 0.15) is 60.2 Å². The van der Waals surface area contributed by atoms with Crippen LogP contribution in [0.5, 0.6) is 0 Å². The highest BCUT2D eigenvalue weighted by molar-refractivity contribution is 5.93. The van der Waals surface area contributed by atoms with Crippen molar-refractivity contribution in [3.05, 3.63) is 53.0 Å². The number of fused-ring (bicyclic) bond motifs is 3. The number of nitrogens with zero attached hydrogens (tertiary/aromatic N) is 1. The van der Waals surface area contributed by atoms with Crippen molar-refractivity contribution in [3.63, 3.8) is 0 Å². The first-order chi connectivity index (χ1) is 12.1. The van der Waals surface area contributed by atoms with Gasteiger partial charge in [-0.05, 0) is 49.3 Å². The van der Waals surface area contributed by atoms with Crippen molar-refractivity contribution in [2.45, 2.75) is 45.6 Å². The Balaban J connectivity index is 1.56. The highest BCUT2D eigenvalue weighted by Crippen LogP contribution is 2.34. The van der Waals surface area contributed by atoms with Gasteiger partial charge in [0.15, 0.2) is 0 Å². The molecule has 0 fully saturated rings. The normalized spacial score (nSPS) is 17.0. The van der Waals surface area contributed by atoms with Gasteiger partial charge in [-0.2, -0.15) is 5.10 Å². The summed E-state index contributed by atoms with van der Waals surface area (Å²) in [6.07, 6.45) is 4.00. The number of amides is 1. The zero-order valence-corrected chi connectivity index (χ0v) is 14.7. The van der Waals surface area contributed by atoms with Crippen LogP contribution in [-0.2, 0) is 12.8 Å². The Bertz CT molecular complexity index is 905. The Kier molecular flexibility index (Phi) is 4.07. The van der Waals surface area contributed by atoms with E-state index in [1.165, 1.54) is 10.9 Å². The third kappa shape index (κ3) is 3.06. The van der Waals surface area contributed by atoms with Gasteiger partial charge >= 0.3 is 0 Å². The van der Waals surface area contributed by atoms with E-state index in [9.17, 15) is 4.79 Å². The molecule has 1 atom stereocenters. The fourth-order valence-electron chi connectivity index (χ4n) is 3.81. The third-order valence-electron chi connectivity index (χ3n) is 4.91. The number of para-hydroxylation sites is 1.